The first kappa shape index (κ1) is 15.1. The van der Waals surface area contributed by atoms with Crippen molar-refractivity contribution in [2.75, 3.05) is 13.1 Å². The molecule has 0 aromatic rings. The monoisotopic (exact) mass is 282 g/mol. The quantitative estimate of drug-likeness (QED) is 0.655. The first-order chi connectivity index (χ1) is 9.62. The van der Waals surface area contributed by atoms with Crippen molar-refractivity contribution in [1.82, 2.24) is 10.6 Å². The standard InChI is InChI=1S/C15H26N2O3/c18-13(19)15(8-3-1-2-4-9-15)11-17-14(20)16-10-7-12-5-6-12/h12H,1-11H2,(H,18,19)(H2,16,17,20). The molecule has 0 unspecified atom stereocenters. The van der Waals surface area contributed by atoms with E-state index < -0.39 is 11.4 Å². The number of rotatable bonds is 6. The third-order valence-electron chi connectivity index (χ3n) is 4.64. The number of carbonyl (C=O) groups excluding carboxylic acids is 1. The Hall–Kier alpha value is -1.26. The van der Waals surface area contributed by atoms with Crippen molar-refractivity contribution in [3.8, 4) is 0 Å². The van der Waals surface area contributed by atoms with Crippen molar-refractivity contribution < 1.29 is 14.7 Å². The highest BCUT2D eigenvalue weighted by molar-refractivity contribution is 5.78. The van der Waals surface area contributed by atoms with Crippen LogP contribution in [-0.4, -0.2) is 30.2 Å². The first-order valence-corrected chi connectivity index (χ1v) is 7.87. The van der Waals surface area contributed by atoms with Gasteiger partial charge in [-0.15, -0.1) is 0 Å². The van der Waals surface area contributed by atoms with Gasteiger partial charge in [-0.25, -0.2) is 4.79 Å². The zero-order valence-electron chi connectivity index (χ0n) is 12.1. The molecule has 5 heteroatoms. The van der Waals surface area contributed by atoms with Gasteiger partial charge in [0, 0.05) is 13.1 Å². The third kappa shape index (κ3) is 4.39. The molecule has 2 fully saturated rings. The van der Waals surface area contributed by atoms with Gasteiger partial charge >= 0.3 is 12.0 Å². The number of urea groups is 1. The van der Waals surface area contributed by atoms with E-state index in [0.29, 0.717) is 19.4 Å². The first-order valence-electron chi connectivity index (χ1n) is 7.87. The average Bonchev–Trinajstić information content (AvgIpc) is 3.23. The van der Waals surface area contributed by atoms with Crippen molar-refractivity contribution in [3.63, 3.8) is 0 Å². The Kier molecular flexibility index (Phi) is 5.26. The third-order valence-corrected chi connectivity index (χ3v) is 4.64. The van der Waals surface area contributed by atoms with Crippen LogP contribution in [0.1, 0.15) is 57.8 Å². The molecule has 0 aromatic carbocycles. The Morgan fingerprint density at radius 1 is 1.05 bits per heavy atom. The van der Waals surface area contributed by atoms with Crippen LogP contribution < -0.4 is 10.6 Å². The Balaban J connectivity index is 1.75. The summed E-state index contributed by atoms with van der Waals surface area (Å²) >= 11 is 0. The number of hydrogen-bond acceptors (Lipinski definition) is 2. The van der Waals surface area contributed by atoms with E-state index >= 15 is 0 Å². The van der Waals surface area contributed by atoms with Crippen molar-refractivity contribution in [2.24, 2.45) is 11.3 Å². The van der Waals surface area contributed by atoms with Gasteiger partial charge in [0.2, 0.25) is 0 Å². The SMILES string of the molecule is O=C(NCCC1CC1)NCC1(C(=O)O)CCCCCC1. The molecule has 0 saturated heterocycles. The molecule has 2 aliphatic carbocycles. The Morgan fingerprint density at radius 3 is 2.25 bits per heavy atom. The topological polar surface area (TPSA) is 78.4 Å². The Labute approximate surface area is 120 Å². The van der Waals surface area contributed by atoms with Gasteiger partial charge in [-0.3, -0.25) is 4.79 Å². The van der Waals surface area contributed by atoms with Crippen LogP contribution in [0.2, 0.25) is 0 Å². The van der Waals surface area contributed by atoms with Gasteiger partial charge < -0.3 is 15.7 Å². The highest BCUT2D eigenvalue weighted by Crippen LogP contribution is 2.35. The van der Waals surface area contributed by atoms with Crippen LogP contribution in [-0.2, 0) is 4.79 Å². The van der Waals surface area contributed by atoms with Gasteiger partial charge in [-0.2, -0.15) is 0 Å². The summed E-state index contributed by atoms with van der Waals surface area (Å²) in [5, 5.41) is 15.1. The van der Waals surface area contributed by atoms with E-state index in [2.05, 4.69) is 10.6 Å². The molecule has 0 atom stereocenters. The maximum atomic E-state index is 11.7. The minimum atomic E-state index is -0.766. The number of hydrogen-bond donors (Lipinski definition) is 3. The minimum absolute atomic E-state index is 0.226. The van der Waals surface area contributed by atoms with E-state index in [0.717, 1.165) is 38.0 Å². The van der Waals surface area contributed by atoms with Crippen molar-refractivity contribution in [2.45, 2.75) is 57.8 Å². The lowest BCUT2D eigenvalue weighted by atomic mass is 9.80. The molecule has 3 N–H and O–H groups in total. The van der Waals surface area contributed by atoms with Crippen LogP contribution in [0.3, 0.4) is 0 Å². The summed E-state index contributed by atoms with van der Waals surface area (Å²) in [6, 6.07) is -0.226. The summed E-state index contributed by atoms with van der Waals surface area (Å²) in [6.45, 7) is 0.939. The van der Waals surface area contributed by atoms with Gasteiger partial charge in [0.15, 0.2) is 0 Å². The summed E-state index contributed by atoms with van der Waals surface area (Å²) < 4.78 is 0. The Bertz CT molecular complexity index is 345. The molecular weight excluding hydrogens is 256 g/mol. The molecule has 0 heterocycles. The molecule has 114 valence electrons. The summed E-state index contributed by atoms with van der Waals surface area (Å²) in [6.07, 6.45) is 9.03. The lowest BCUT2D eigenvalue weighted by Gasteiger charge is -2.28. The fourth-order valence-corrected chi connectivity index (χ4v) is 2.98. The molecule has 2 aliphatic rings. The zero-order valence-corrected chi connectivity index (χ0v) is 12.1. The highest BCUT2D eigenvalue weighted by Gasteiger charge is 2.38. The number of carboxylic acids is 1. The average molecular weight is 282 g/mol. The van der Waals surface area contributed by atoms with E-state index in [1.165, 1.54) is 12.8 Å². The summed E-state index contributed by atoms with van der Waals surface area (Å²) in [5.41, 5.74) is -0.760. The number of carboxylic acid groups (broad SMARTS) is 1. The number of nitrogens with one attached hydrogen (secondary N) is 2. The lowest BCUT2D eigenvalue weighted by Crippen LogP contribution is -2.46. The molecule has 2 amide bonds. The van der Waals surface area contributed by atoms with E-state index in [1.54, 1.807) is 0 Å². The van der Waals surface area contributed by atoms with Gasteiger partial charge in [0.1, 0.15) is 0 Å². The number of amides is 2. The maximum Gasteiger partial charge on any atom is 0.314 e. The van der Waals surface area contributed by atoms with Gasteiger partial charge in [0.25, 0.3) is 0 Å². The lowest BCUT2D eigenvalue weighted by molar-refractivity contribution is -0.149. The van der Waals surface area contributed by atoms with Crippen LogP contribution in [0.25, 0.3) is 0 Å². The molecule has 0 spiro atoms. The fourth-order valence-electron chi connectivity index (χ4n) is 2.98. The highest BCUT2D eigenvalue weighted by atomic mass is 16.4. The van der Waals surface area contributed by atoms with Gasteiger partial charge in [-0.05, 0) is 25.2 Å². The van der Waals surface area contributed by atoms with Crippen molar-refractivity contribution in [1.29, 1.82) is 0 Å². The second-order valence-electron chi connectivity index (χ2n) is 6.34. The fraction of sp³-hybridized carbons (Fsp3) is 0.867. The van der Waals surface area contributed by atoms with Crippen LogP contribution in [0, 0.1) is 11.3 Å². The molecular formula is C15H26N2O3. The van der Waals surface area contributed by atoms with Gasteiger partial charge in [-0.1, -0.05) is 38.5 Å². The Morgan fingerprint density at radius 2 is 1.70 bits per heavy atom. The molecule has 0 aliphatic heterocycles. The van der Waals surface area contributed by atoms with Crippen LogP contribution in [0.15, 0.2) is 0 Å². The van der Waals surface area contributed by atoms with Crippen LogP contribution in [0.4, 0.5) is 4.79 Å². The number of carbonyl (C=O) groups is 2. The van der Waals surface area contributed by atoms with Crippen LogP contribution in [0.5, 0.6) is 0 Å². The largest absolute Gasteiger partial charge is 0.481 e. The minimum Gasteiger partial charge on any atom is -0.481 e. The smallest absolute Gasteiger partial charge is 0.314 e. The second kappa shape index (κ2) is 6.95. The molecule has 20 heavy (non-hydrogen) atoms. The van der Waals surface area contributed by atoms with Crippen molar-refractivity contribution in [3.05, 3.63) is 0 Å². The zero-order chi connectivity index (χ0) is 14.4. The summed E-state index contributed by atoms with van der Waals surface area (Å²) in [4.78, 5) is 23.3. The van der Waals surface area contributed by atoms with E-state index in [-0.39, 0.29) is 12.6 Å². The molecule has 5 nitrogen and oxygen atoms in total. The van der Waals surface area contributed by atoms with E-state index in [1.807, 2.05) is 0 Å². The maximum absolute atomic E-state index is 11.7. The molecule has 0 radical (unpaired) electrons. The number of aliphatic carboxylic acids is 1. The molecule has 0 bridgehead atoms. The normalized spacial score (nSPS) is 21.8. The van der Waals surface area contributed by atoms with Crippen LogP contribution >= 0.6 is 0 Å². The van der Waals surface area contributed by atoms with E-state index in [4.69, 9.17) is 0 Å². The molecule has 2 saturated carbocycles. The summed E-state index contributed by atoms with van der Waals surface area (Å²) in [5.74, 6) is 0.0280. The van der Waals surface area contributed by atoms with E-state index in [9.17, 15) is 14.7 Å². The molecule has 0 aromatic heterocycles. The summed E-state index contributed by atoms with van der Waals surface area (Å²) in [7, 11) is 0. The predicted octanol–water partition coefficient (Wildman–Crippen LogP) is 2.51. The van der Waals surface area contributed by atoms with Crippen molar-refractivity contribution >= 4 is 12.0 Å². The second-order valence-corrected chi connectivity index (χ2v) is 6.34. The predicted molar refractivity (Wildman–Crippen MR) is 76.5 cm³/mol. The van der Waals surface area contributed by atoms with Gasteiger partial charge in [0.05, 0.1) is 5.41 Å². The molecule has 2 rings (SSSR count).